The van der Waals surface area contributed by atoms with Crippen LogP contribution in [0.2, 0.25) is 0 Å². The summed E-state index contributed by atoms with van der Waals surface area (Å²) in [7, 11) is 0. The Labute approximate surface area is 86.8 Å². The fraction of sp³-hybridized carbons (Fsp3) is 0.385. The normalized spacial score (nSPS) is 14.4. The Balaban J connectivity index is 4.83. The topological polar surface area (TPSA) is 20.2 Å². The molecule has 0 aliphatic carbocycles. The maximum absolute atomic E-state index is 9.15. The molecule has 0 fully saturated rings. The monoisotopic (exact) mass is 190 g/mol. The fourth-order valence-corrected chi connectivity index (χ4v) is 1.10. The molecule has 0 saturated carbocycles. The van der Waals surface area contributed by atoms with Crippen LogP contribution < -0.4 is 0 Å². The molecule has 0 aromatic carbocycles. The first-order valence-electron chi connectivity index (χ1n) is 4.78. The summed E-state index contributed by atoms with van der Waals surface area (Å²) in [5, 5.41) is 9.15. The van der Waals surface area contributed by atoms with Crippen LogP contribution in [0, 0.1) is 17.8 Å². The summed E-state index contributed by atoms with van der Waals surface area (Å²) < 4.78 is 0. The van der Waals surface area contributed by atoms with Crippen LogP contribution in [0.5, 0.6) is 0 Å². The second kappa shape index (κ2) is 8.34. The van der Waals surface area contributed by atoms with Gasteiger partial charge in [0.15, 0.2) is 0 Å². The standard InChI is InChI=1S/C13H18O/c1-4-7-10-12(8-5-2)13(11-14)9-6-3/h4-5,7-8,10,13-14H,11H2,1-3H3/b7-4-,8-5-,12-10+. The van der Waals surface area contributed by atoms with Crippen molar-refractivity contribution in [2.45, 2.75) is 20.8 Å². The van der Waals surface area contributed by atoms with Gasteiger partial charge < -0.3 is 5.11 Å². The predicted octanol–water partition coefficient (Wildman–Crippen LogP) is 2.70. The van der Waals surface area contributed by atoms with Crippen LogP contribution in [0.3, 0.4) is 0 Å². The van der Waals surface area contributed by atoms with Crippen molar-refractivity contribution in [2.24, 2.45) is 5.92 Å². The van der Waals surface area contributed by atoms with Crippen LogP contribution in [-0.4, -0.2) is 11.7 Å². The number of rotatable bonds is 4. The summed E-state index contributed by atoms with van der Waals surface area (Å²) in [6.07, 6.45) is 9.82. The van der Waals surface area contributed by atoms with Gasteiger partial charge in [0.2, 0.25) is 0 Å². The van der Waals surface area contributed by atoms with Crippen molar-refractivity contribution in [1.82, 2.24) is 0 Å². The molecule has 0 amide bonds. The smallest absolute Gasteiger partial charge is 0.0683 e. The number of hydrogen-bond acceptors (Lipinski definition) is 1. The van der Waals surface area contributed by atoms with E-state index in [-0.39, 0.29) is 12.5 Å². The molecule has 0 radical (unpaired) electrons. The van der Waals surface area contributed by atoms with Crippen molar-refractivity contribution in [3.05, 3.63) is 36.0 Å². The van der Waals surface area contributed by atoms with Crippen LogP contribution in [0.4, 0.5) is 0 Å². The summed E-state index contributed by atoms with van der Waals surface area (Å²) in [6, 6.07) is 0. The summed E-state index contributed by atoms with van der Waals surface area (Å²) in [5.41, 5.74) is 1.04. The third-order valence-electron chi connectivity index (χ3n) is 1.74. The van der Waals surface area contributed by atoms with E-state index >= 15 is 0 Å². The maximum Gasteiger partial charge on any atom is 0.0683 e. The molecule has 1 atom stereocenters. The summed E-state index contributed by atoms with van der Waals surface area (Å²) in [5.74, 6) is 5.72. The molecule has 0 heterocycles. The third-order valence-corrected chi connectivity index (χ3v) is 1.74. The van der Waals surface area contributed by atoms with Crippen LogP contribution in [0.25, 0.3) is 0 Å². The van der Waals surface area contributed by atoms with Crippen molar-refractivity contribution in [3.63, 3.8) is 0 Å². The van der Waals surface area contributed by atoms with Crippen molar-refractivity contribution in [3.8, 4) is 11.8 Å². The molecular weight excluding hydrogens is 172 g/mol. The molecule has 1 unspecified atom stereocenters. The van der Waals surface area contributed by atoms with Gasteiger partial charge in [0.25, 0.3) is 0 Å². The Morgan fingerprint density at radius 2 is 2.07 bits per heavy atom. The van der Waals surface area contributed by atoms with E-state index in [9.17, 15) is 0 Å². The Morgan fingerprint density at radius 3 is 2.50 bits per heavy atom. The van der Waals surface area contributed by atoms with Gasteiger partial charge in [-0.1, -0.05) is 36.3 Å². The molecule has 76 valence electrons. The van der Waals surface area contributed by atoms with E-state index in [2.05, 4.69) is 11.8 Å². The molecule has 0 aromatic rings. The highest BCUT2D eigenvalue weighted by molar-refractivity contribution is 5.31. The zero-order valence-electron chi connectivity index (χ0n) is 9.12. The van der Waals surface area contributed by atoms with Gasteiger partial charge >= 0.3 is 0 Å². The minimum absolute atomic E-state index is 0.0641. The highest BCUT2D eigenvalue weighted by Crippen LogP contribution is 2.11. The lowest BCUT2D eigenvalue weighted by Crippen LogP contribution is -2.05. The van der Waals surface area contributed by atoms with Crippen LogP contribution >= 0.6 is 0 Å². The minimum atomic E-state index is -0.0765. The average molecular weight is 190 g/mol. The maximum atomic E-state index is 9.15. The summed E-state index contributed by atoms with van der Waals surface area (Å²) in [6.45, 7) is 5.76. The van der Waals surface area contributed by atoms with Crippen molar-refractivity contribution in [2.75, 3.05) is 6.61 Å². The molecule has 0 aliphatic rings. The number of aliphatic hydroxyl groups is 1. The van der Waals surface area contributed by atoms with Gasteiger partial charge in [-0.05, 0) is 26.3 Å². The zero-order chi connectivity index (χ0) is 10.8. The molecule has 0 aliphatic heterocycles. The lowest BCUT2D eigenvalue weighted by atomic mass is 9.99. The Hall–Kier alpha value is -1.26. The molecular formula is C13H18O. The van der Waals surface area contributed by atoms with Crippen LogP contribution in [0.1, 0.15) is 20.8 Å². The van der Waals surface area contributed by atoms with E-state index in [4.69, 9.17) is 5.11 Å². The first kappa shape index (κ1) is 12.7. The van der Waals surface area contributed by atoms with E-state index in [0.717, 1.165) is 5.57 Å². The van der Waals surface area contributed by atoms with Gasteiger partial charge in [0, 0.05) is 0 Å². The second-order valence-electron chi connectivity index (χ2n) is 2.82. The summed E-state index contributed by atoms with van der Waals surface area (Å²) >= 11 is 0. The van der Waals surface area contributed by atoms with E-state index in [1.54, 1.807) is 6.92 Å². The largest absolute Gasteiger partial charge is 0.395 e. The lowest BCUT2D eigenvalue weighted by molar-refractivity contribution is 0.274. The number of hydrogen-bond donors (Lipinski definition) is 1. The molecule has 14 heavy (non-hydrogen) atoms. The van der Waals surface area contributed by atoms with E-state index in [1.807, 2.05) is 44.2 Å². The first-order valence-corrected chi connectivity index (χ1v) is 4.78. The Morgan fingerprint density at radius 1 is 1.36 bits per heavy atom. The Kier molecular flexibility index (Phi) is 7.59. The molecule has 1 nitrogen and oxygen atoms in total. The molecule has 0 rings (SSSR count). The average Bonchev–Trinajstić information content (AvgIpc) is 2.21. The lowest BCUT2D eigenvalue weighted by Gasteiger charge is -2.07. The van der Waals surface area contributed by atoms with Gasteiger partial charge in [-0.25, -0.2) is 0 Å². The van der Waals surface area contributed by atoms with Gasteiger partial charge in [0.1, 0.15) is 0 Å². The first-order chi connectivity index (χ1) is 6.79. The molecule has 0 aromatic heterocycles. The van der Waals surface area contributed by atoms with Crippen molar-refractivity contribution in [1.29, 1.82) is 0 Å². The van der Waals surface area contributed by atoms with E-state index in [0.29, 0.717) is 0 Å². The van der Waals surface area contributed by atoms with Gasteiger partial charge in [-0.3, -0.25) is 0 Å². The minimum Gasteiger partial charge on any atom is -0.395 e. The van der Waals surface area contributed by atoms with Crippen molar-refractivity contribution < 1.29 is 5.11 Å². The molecule has 1 N–H and O–H groups in total. The molecule has 0 bridgehead atoms. The predicted molar refractivity (Wildman–Crippen MR) is 61.7 cm³/mol. The fourth-order valence-electron chi connectivity index (χ4n) is 1.10. The Bertz CT molecular complexity index is 284. The highest BCUT2D eigenvalue weighted by Gasteiger charge is 2.05. The SMILES string of the molecule is CC#CC(CO)C(/C=C\C)=C/C=C\C. The molecule has 0 spiro atoms. The molecule has 0 saturated heterocycles. The van der Waals surface area contributed by atoms with Crippen LogP contribution in [-0.2, 0) is 0 Å². The van der Waals surface area contributed by atoms with E-state index in [1.165, 1.54) is 0 Å². The second-order valence-corrected chi connectivity index (χ2v) is 2.82. The van der Waals surface area contributed by atoms with Crippen molar-refractivity contribution >= 4 is 0 Å². The number of allylic oxidation sites excluding steroid dienone is 5. The third kappa shape index (κ3) is 4.69. The number of aliphatic hydroxyl groups excluding tert-OH is 1. The van der Waals surface area contributed by atoms with Gasteiger partial charge in [-0.15, -0.1) is 5.92 Å². The van der Waals surface area contributed by atoms with Gasteiger partial charge in [0.05, 0.1) is 12.5 Å². The van der Waals surface area contributed by atoms with E-state index < -0.39 is 0 Å². The zero-order valence-corrected chi connectivity index (χ0v) is 9.12. The quantitative estimate of drug-likeness (QED) is 0.534. The summed E-state index contributed by atoms with van der Waals surface area (Å²) in [4.78, 5) is 0. The highest BCUT2D eigenvalue weighted by atomic mass is 16.3. The van der Waals surface area contributed by atoms with Crippen LogP contribution in [0.15, 0.2) is 36.0 Å². The molecule has 1 heteroatoms. The van der Waals surface area contributed by atoms with Gasteiger partial charge in [-0.2, -0.15) is 0 Å².